The molecule has 0 saturated carbocycles. The summed E-state index contributed by atoms with van der Waals surface area (Å²) in [5, 5.41) is 16.7. The highest BCUT2D eigenvalue weighted by Crippen LogP contribution is 2.41. The first-order valence-electron chi connectivity index (χ1n) is 5.12. The van der Waals surface area contributed by atoms with E-state index in [9.17, 15) is 0 Å². The molecule has 0 bridgehead atoms. The van der Waals surface area contributed by atoms with Crippen LogP contribution in [-0.2, 0) is 14.4 Å². The fourth-order valence-electron chi connectivity index (χ4n) is 1.32. The van der Waals surface area contributed by atoms with Crippen LogP contribution in [-0.4, -0.2) is 47.5 Å². The highest BCUT2D eigenvalue weighted by Gasteiger charge is 2.57. The summed E-state index contributed by atoms with van der Waals surface area (Å²) in [5.41, 5.74) is -0.682. The van der Waals surface area contributed by atoms with E-state index in [0.29, 0.717) is 6.61 Å². The van der Waals surface area contributed by atoms with Crippen LogP contribution in [0.25, 0.3) is 0 Å². The van der Waals surface area contributed by atoms with Gasteiger partial charge >= 0.3 is 0 Å². The smallest absolute Gasteiger partial charge is 0.141 e. The van der Waals surface area contributed by atoms with Crippen molar-refractivity contribution in [2.45, 2.75) is 44.5 Å². The summed E-state index contributed by atoms with van der Waals surface area (Å²) in [6.07, 6.45) is 1.23. The van der Waals surface area contributed by atoms with E-state index < -0.39 is 5.60 Å². The lowest BCUT2D eigenvalue weighted by Crippen LogP contribution is -2.31. The summed E-state index contributed by atoms with van der Waals surface area (Å²) in [4.78, 5) is 3.94. The molecule has 2 unspecified atom stereocenters. The van der Waals surface area contributed by atoms with Gasteiger partial charge in [-0.05, 0) is 27.2 Å². The van der Waals surface area contributed by atoms with Crippen LogP contribution in [0.15, 0.2) is 0 Å². The third-order valence-electron chi connectivity index (χ3n) is 2.32. The van der Waals surface area contributed by atoms with Gasteiger partial charge in [-0.1, -0.05) is 0 Å². The van der Waals surface area contributed by atoms with Crippen LogP contribution in [0, 0.1) is 0 Å². The second-order valence-corrected chi connectivity index (χ2v) is 4.87. The molecule has 90 valence electrons. The molecule has 0 radical (unpaired) electrons. The van der Waals surface area contributed by atoms with E-state index >= 15 is 0 Å². The van der Waals surface area contributed by atoms with E-state index in [0.717, 1.165) is 13.0 Å². The van der Waals surface area contributed by atoms with Crippen LogP contribution in [0.5, 0.6) is 0 Å². The van der Waals surface area contributed by atoms with Crippen molar-refractivity contribution in [3.8, 4) is 0 Å². The number of aliphatic hydroxyl groups excluding tert-OH is 1. The Labute approximate surface area is 89.9 Å². The maximum atomic E-state index is 8.79. The summed E-state index contributed by atoms with van der Waals surface area (Å²) in [7, 11) is 0. The fourth-order valence-corrected chi connectivity index (χ4v) is 1.32. The molecule has 0 aliphatic carbocycles. The number of fused-ring (bicyclic) bond motifs is 1. The van der Waals surface area contributed by atoms with Gasteiger partial charge < -0.3 is 14.6 Å². The lowest BCUT2D eigenvalue weighted by molar-refractivity contribution is -0.306. The van der Waals surface area contributed by atoms with Gasteiger partial charge in [-0.3, -0.25) is 5.26 Å². The predicted octanol–water partition coefficient (Wildman–Crippen LogP) is 0.811. The Hall–Kier alpha value is -0.200. The molecule has 5 heteroatoms. The molecule has 2 aliphatic rings. The number of aliphatic hydroxyl groups is 1. The number of hydrogen-bond donors (Lipinski definition) is 2. The molecule has 0 amide bonds. The number of hydrogen-bond acceptors (Lipinski definition) is 5. The van der Waals surface area contributed by atoms with E-state index in [4.69, 9.17) is 19.8 Å². The number of rotatable bonds is 1. The lowest BCUT2D eigenvalue weighted by Gasteiger charge is -2.14. The SMILES string of the molecule is CC(C)(C)OO.OCC12COCCC1O2. The van der Waals surface area contributed by atoms with Gasteiger partial charge in [0.05, 0.1) is 24.9 Å². The van der Waals surface area contributed by atoms with Crippen LogP contribution >= 0.6 is 0 Å². The Morgan fingerprint density at radius 1 is 1.47 bits per heavy atom. The molecule has 0 aromatic heterocycles. The second-order valence-electron chi connectivity index (χ2n) is 4.87. The maximum absolute atomic E-state index is 8.79. The Morgan fingerprint density at radius 2 is 2.07 bits per heavy atom. The molecule has 15 heavy (non-hydrogen) atoms. The van der Waals surface area contributed by atoms with Crippen molar-refractivity contribution < 1.29 is 24.7 Å². The third-order valence-corrected chi connectivity index (χ3v) is 2.32. The standard InChI is InChI=1S/C6H10O3.C4H10O2/c7-3-6-4-8-2-1-5(6)9-6;1-4(2,3)6-5/h5,7H,1-4H2;5H,1-3H3. The Kier molecular flexibility index (Phi) is 4.08. The molecule has 2 rings (SSSR count). The van der Waals surface area contributed by atoms with Crippen LogP contribution in [0.2, 0.25) is 0 Å². The van der Waals surface area contributed by atoms with Gasteiger partial charge in [-0.15, -0.1) is 0 Å². The van der Waals surface area contributed by atoms with Crippen molar-refractivity contribution in [1.82, 2.24) is 0 Å². The summed E-state index contributed by atoms with van der Waals surface area (Å²) in [6.45, 7) is 6.78. The second kappa shape index (κ2) is 4.76. The molecular weight excluding hydrogens is 200 g/mol. The van der Waals surface area contributed by atoms with E-state index in [1.807, 2.05) is 0 Å². The van der Waals surface area contributed by atoms with Crippen LogP contribution in [0.4, 0.5) is 0 Å². The third kappa shape index (κ3) is 3.70. The van der Waals surface area contributed by atoms with Gasteiger partial charge in [-0.2, -0.15) is 0 Å². The largest absolute Gasteiger partial charge is 0.393 e. The Morgan fingerprint density at radius 3 is 2.40 bits per heavy atom. The first-order valence-corrected chi connectivity index (χ1v) is 5.12. The molecule has 2 fully saturated rings. The minimum Gasteiger partial charge on any atom is -0.393 e. The molecule has 2 saturated heterocycles. The quantitative estimate of drug-likeness (QED) is 0.389. The lowest BCUT2D eigenvalue weighted by atomic mass is 10.0. The molecule has 0 spiro atoms. The zero-order valence-electron chi connectivity index (χ0n) is 9.52. The summed E-state index contributed by atoms with van der Waals surface area (Å²) in [5.74, 6) is 0. The first-order chi connectivity index (χ1) is 6.93. The maximum Gasteiger partial charge on any atom is 0.141 e. The van der Waals surface area contributed by atoms with Crippen LogP contribution in [0.3, 0.4) is 0 Å². The van der Waals surface area contributed by atoms with E-state index in [1.165, 1.54) is 0 Å². The van der Waals surface area contributed by atoms with Gasteiger partial charge in [0.15, 0.2) is 0 Å². The van der Waals surface area contributed by atoms with Crippen molar-refractivity contribution in [3.05, 3.63) is 0 Å². The average Bonchev–Trinajstić information content (AvgIpc) is 2.92. The van der Waals surface area contributed by atoms with Crippen LogP contribution < -0.4 is 0 Å². The van der Waals surface area contributed by atoms with Gasteiger partial charge in [0.25, 0.3) is 0 Å². The molecule has 0 aromatic rings. The minimum absolute atomic E-state index is 0.109. The Bertz CT molecular complexity index is 200. The van der Waals surface area contributed by atoms with E-state index in [1.54, 1.807) is 20.8 Å². The zero-order chi connectivity index (χ0) is 11.5. The molecule has 2 aliphatic heterocycles. The van der Waals surface area contributed by atoms with Gasteiger partial charge in [0, 0.05) is 6.61 Å². The molecule has 2 N–H and O–H groups in total. The van der Waals surface area contributed by atoms with Gasteiger partial charge in [0.1, 0.15) is 5.60 Å². The normalized spacial score (nSPS) is 33.8. The highest BCUT2D eigenvalue weighted by atomic mass is 17.1. The van der Waals surface area contributed by atoms with E-state index in [-0.39, 0.29) is 18.3 Å². The number of epoxide rings is 1. The average molecular weight is 220 g/mol. The van der Waals surface area contributed by atoms with Crippen molar-refractivity contribution in [2.75, 3.05) is 19.8 Å². The van der Waals surface area contributed by atoms with Gasteiger partial charge in [0.2, 0.25) is 0 Å². The van der Waals surface area contributed by atoms with Crippen molar-refractivity contribution >= 4 is 0 Å². The topological polar surface area (TPSA) is 71.5 Å². The highest BCUT2D eigenvalue weighted by molar-refractivity contribution is 5.04. The molecule has 2 atom stereocenters. The fraction of sp³-hybridized carbons (Fsp3) is 1.00. The molecule has 0 aromatic carbocycles. The van der Waals surface area contributed by atoms with Crippen molar-refractivity contribution in [3.63, 3.8) is 0 Å². The zero-order valence-corrected chi connectivity index (χ0v) is 9.52. The van der Waals surface area contributed by atoms with E-state index in [2.05, 4.69) is 4.89 Å². The number of ether oxygens (including phenoxy) is 2. The van der Waals surface area contributed by atoms with Crippen molar-refractivity contribution in [1.29, 1.82) is 0 Å². The monoisotopic (exact) mass is 220 g/mol. The molecule has 5 nitrogen and oxygen atoms in total. The van der Waals surface area contributed by atoms with Gasteiger partial charge in [-0.25, -0.2) is 4.89 Å². The van der Waals surface area contributed by atoms with Crippen molar-refractivity contribution in [2.24, 2.45) is 0 Å². The molecular formula is C10H20O5. The predicted molar refractivity (Wildman–Crippen MR) is 53.6 cm³/mol. The summed E-state index contributed by atoms with van der Waals surface area (Å²) in [6, 6.07) is 0. The van der Waals surface area contributed by atoms with Crippen LogP contribution in [0.1, 0.15) is 27.2 Å². The summed E-state index contributed by atoms with van der Waals surface area (Å²) >= 11 is 0. The Balaban J connectivity index is 0.000000167. The summed E-state index contributed by atoms with van der Waals surface area (Å²) < 4.78 is 10.4. The molecule has 2 heterocycles. The first kappa shape index (κ1) is 12.9. The minimum atomic E-state index is -0.403.